The molecule has 0 aliphatic carbocycles. The first-order valence-electron chi connectivity index (χ1n) is 5.83. The Morgan fingerprint density at radius 2 is 2.06 bits per heavy atom. The van der Waals surface area contributed by atoms with Crippen molar-refractivity contribution in [2.24, 2.45) is 0 Å². The molecular formula is C14H16ClN3. The molecule has 2 aromatic heterocycles. The maximum atomic E-state index is 5.74. The Kier molecular flexibility index (Phi) is 4.15. The quantitative estimate of drug-likeness (QED) is 0.792. The number of rotatable bonds is 4. The predicted molar refractivity (Wildman–Crippen MR) is 74.9 cm³/mol. The lowest BCUT2D eigenvalue weighted by Crippen LogP contribution is -2.18. The minimum Gasteiger partial charge on any atom is -0.354 e. The highest BCUT2D eigenvalue weighted by Gasteiger charge is 2.04. The van der Waals surface area contributed by atoms with Gasteiger partial charge < -0.3 is 4.90 Å². The van der Waals surface area contributed by atoms with Crippen LogP contribution < -0.4 is 4.90 Å². The summed E-state index contributed by atoms with van der Waals surface area (Å²) in [6.45, 7) is 2.74. The summed E-state index contributed by atoms with van der Waals surface area (Å²) < 4.78 is 0. The molecule has 0 bridgehead atoms. The first-order chi connectivity index (χ1) is 8.69. The van der Waals surface area contributed by atoms with Crippen LogP contribution in [0.5, 0.6) is 0 Å². The lowest BCUT2D eigenvalue weighted by molar-refractivity contribution is 0.858. The molecule has 0 radical (unpaired) electrons. The molecule has 0 saturated heterocycles. The molecule has 0 aliphatic heterocycles. The van der Waals surface area contributed by atoms with Gasteiger partial charge in [0.2, 0.25) is 0 Å². The molecule has 2 heterocycles. The van der Waals surface area contributed by atoms with Crippen molar-refractivity contribution in [3.05, 3.63) is 53.5 Å². The summed E-state index contributed by atoms with van der Waals surface area (Å²) in [5.41, 5.74) is 3.11. The van der Waals surface area contributed by atoms with E-state index in [1.807, 2.05) is 50.5 Å². The molecule has 0 aliphatic rings. The zero-order valence-corrected chi connectivity index (χ0v) is 11.4. The van der Waals surface area contributed by atoms with Gasteiger partial charge in [0, 0.05) is 24.8 Å². The number of hydrogen-bond acceptors (Lipinski definition) is 3. The Balaban J connectivity index is 2.09. The van der Waals surface area contributed by atoms with Gasteiger partial charge >= 0.3 is 0 Å². The number of nitrogens with zero attached hydrogens (tertiary/aromatic N) is 3. The highest BCUT2D eigenvalue weighted by Crippen LogP contribution is 2.13. The third-order valence-electron chi connectivity index (χ3n) is 2.70. The van der Waals surface area contributed by atoms with Gasteiger partial charge in [-0.25, -0.2) is 4.98 Å². The van der Waals surface area contributed by atoms with Crippen molar-refractivity contribution in [3.8, 4) is 0 Å². The normalized spacial score (nSPS) is 10.4. The lowest BCUT2D eigenvalue weighted by atomic mass is 10.3. The summed E-state index contributed by atoms with van der Waals surface area (Å²) in [7, 11) is 2.01. The fourth-order valence-corrected chi connectivity index (χ4v) is 1.89. The van der Waals surface area contributed by atoms with Gasteiger partial charge in [0.25, 0.3) is 0 Å². The van der Waals surface area contributed by atoms with E-state index in [9.17, 15) is 0 Å². The van der Waals surface area contributed by atoms with Crippen LogP contribution in [-0.2, 0) is 12.4 Å². The second kappa shape index (κ2) is 5.83. The van der Waals surface area contributed by atoms with Gasteiger partial charge in [-0.2, -0.15) is 0 Å². The zero-order valence-electron chi connectivity index (χ0n) is 10.6. The highest BCUT2D eigenvalue weighted by molar-refractivity contribution is 6.17. The van der Waals surface area contributed by atoms with E-state index in [2.05, 4.69) is 14.9 Å². The van der Waals surface area contributed by atoms with E-state index in [1.165, 1.54) is 0 Å². The van der Waals surface area contributed by atoms with Crippen molar-refractivity contribution >= 4 is 17.4 Å². The van der Waals surface area contributed by atoms with Gasteiger partial charge in [0.05, 0.1) is 12.2 Å². The Labute approximate surface area is 112 Å². The molecule has 94 valence electrons. The van der Waals surface area contributed by atoms with Crippen LogP contribution in [0.2, 0.25) is 0 Å². The molecule has 2 aromatic rings. The maximum Gasteiger partial charge on any atom is 0.128 e. The number of halogens is 1. The number of pyridine rings is 2. The smallest absolute Gasteiger partial charge is 0.128 e. The van der Waals surface area contributed by atoms with Crippen molar-refractivity contribution in [1.29, 1.82) is 0 Å². The summed E-state index contributed by atoms with van der Waals surface area (Å²) in [5.74, 6) is 1.42. The Morgan fingerprint density at radius 3 is 2.67 bits per heavy atom. The third-order valence-corrected chi connectivity index (χ3v) is 3.01. The van der Waals surface area contributed by atoms with Crippen molar-refractivity contribution in [2.75, 3.05) is 11.9 Å². The highest BCUT2D eigenvalue weighted by atomic mass is 35.5. The molecule has 0 aromatic carbocycles. The van der Waals surface area contributed by atoms with Crippen LogP contribution in [0.15, 0.2) is 36.5 Å². The topological polar surface area (TPSA) is 29.0 Å². The van der Waals surface area contributed by atoms with Crippen molar-refractivity contribution < 1.29 is 0 Å². The van der Waals surface area contributed by atoms with Gasteiger partial charge in [-0.05, 0) is 30.7 Å². The predicted octanol–water partition coefficient (Wildman–Crippen LogP) is 3.16. The summed E-state index contributed by atoms with van der Waals surface area (Å²) in [6.07, 6.45) is 1.81. The Hall–Kier alpha value is -1.61. The first kappa shape index (κ1) is 12.8. The fourth-order valence-electron chi connectivity index (χ4n) is 1.73. The van der Waals surface area contributed by atoms with E-state index in [0.29, 0.717) is 5.88 Å². The first-order valence-corrected chi connectivity index (χ1v) is 6.37. The van der Waals surface area contributed by atoms with E-state index in [1.54, 1.807) is 0 Å². The number of aromatic nitrogens is 2. The summed E-state index contributed by atoms with van der Waals surface area (Å²) in [6, 6.07) is 10.0. The molecular weight excluding hydrogens is 246 g/mol. The molecule has 0 atom stereocenters. The van der Waals surface area contributed by atoms with Crippen LogP contribution in [0.1, 0.15) is 17.0 Å². The van der Waals surface area contributed by atoms with Gasteiger partial charge in [0.1, 0.15) is 5.82 Å². The van der Waals surface area contributed by atoms with Gasteiger partial charge in [-0.1, -0.05) is 12.1 Å². The molecule has 2 rings (SSSR count). The van der Waals surface area contributed by atoms with Crippen LogP contribution in [0, 0.1) is 6.92 Å². The lowest BCUT2D eigenvalue weighted by Gasteiger charge is -2.17. The largest absolute Gasteiger partial charge is 0.354 e. The minimum absolute atomic E-state index is 0.496. The molecule has 18 heavy (non-hydrogen) atoms. The van der Waals surface area contributed by atoms with Crippen LogP contribution in [0.3, 0.4) is 0 Å². The van der Waals surface area contributed by atoms with E-state index in [-0.39, 0.29) is 0 Å². The van der Waals surface area contributed by atoms with Gasteiger partial charge in [-0.15, -0.1) is 11.6 Å². The summed E-state index contributed by atoms with van der Waals surface area (Å²) in [5, 5.41) is 0. The van der Waals surface area contributed by atoms with Gasteiger partial charge in [0.15, 0.2) is 0 Å². The maximum absolute atomic E-state index is 5.74. The van der Waals surface area contributed by atoms with Gasteiger partial charge in [-0.3, -0.25) is 4.98 Å². The second-order valence-corrected chi connectivity index (χ2v) is 4.55. The molecule has 0 fully saturated rings. The molecule has 0 unspecified atom stereocenters. The molecule has 3 nitrogen and oxygen atoms in total. The zero-order chi connectivity index (χ0) is 13.0. The molecule has 0 amide bonds. The van der Waals surface area contributed by atoms with Crippen LogP contribution >= 0.6 is 11.6 Å². The monoisotopic (exact) mass is 261 g/mol. The van der Waals surface area contributed by atoms with E-state index in [0.717, 1.165) is 29.3 Å². The Morgan fingerprint density at radius 1 is 1.22 bits per heavy atom. The second-order valence-electron chi connectivity index (χ2n) is 4.28. The van der Waals surface area contributed by atoms with Crippen molar-refractivity contribution in [1.82, 2.24) is 9.97 Å². The number of aryl methyl sites for hydroxylation is 1. The third kappa shape index (κ3) is 3.20. The van der Waals surface area contributed by atoms with Crippen LogP contribution in [-0.4, -0.2) is 17.0 Å². The average molecular weight is 262 g/mol. The number of alkyl halides is 1. The average Bonchev–Trinajstić information content (AvgIpc) is 2.39. The summed E-state index contributed by atoms with van der Waals surface area (Å²) >= 11 is 5.74. The molecule has 0 saturated carbocycles. The molecule has 0 N–H and O–H groups in total. The van der Waals surface area contributed by atoms with Crippen LogP contribution in [0.4, 0.5) is 5.82 Å². The SMILES string of the molecule is Cc1cccc(CN(C)c2ccc(CCl)cn2)n1. The Bertz CT molecular complexity index is 511. The van der Waals surface area contributed by atoms with E-state index in [4.69, 9.17) is 11.6 Å². The standard InChI is InChI=1S/C14H16ClN3/c1-11-4-3-5-13(17-11)10-18(2)14-7-6-12(8-15)9-16-14/h3-7,9H,8,10H2,1-2H3. The minimum atomic E-state index is 0.496. The van der Waals surface area contributed by atoms with E-state index >= 15 is 0 Å². The summed E-state index contributed by atoms with van der Waals surface area (Å²) in [4.78, 5) is 10.9. The number of hydrogen-bond donors (Lipinski definition) is 0. The molecule has 0 spiro atoms. The van der Waals surface area contributed by atoms with Crippen molar-refractivity contribution in [3.63, 3.8) is 0 Å². The van der Waals surface area contributed by atoms with Crippen molar-refractivity contribution in [2.45, 2.75) is 19.3 Å². The molecule has 4 heteroatoms. The number of anilines is 1. The fraction of sp³-hybridized carbons (Fsp3) is 0.286. The van der Waals surface area contributed by atoms with Crippen LogP contribution in [0.25, 0.3) is 0 Å². The van der Waals surface area contributed by atoms with E-state index < -0.39 is 0 Å².